The molecule has 7 heteroatoms. The van der Waals surface area contributed by atoms with Crippen LogP contribution in [0.1, 0.15) is 93.9 Å². The molecule has 2 aliphatic carbocycles. The molecule has 0 aromatic carbocycles. The van der Waals surface area contributed by atoms with Crippen molar-refractivity contribution in [1.29, 1.82) is 0 Å². The van der Waals surface area contributed by atoms with Gasteiger partial charge in [0.05, 0.1) is 5.60 Å². The first-order valence-electron chi connectivity index (χ1n) is 13.3. The molecule has 0 bridgehead atoms. The molecule has 0 N–H and O–H groups in total. The molecule has 4 aliphatic rings. The average molecular weight is 503 g/mol. The summed E-state index contributed by atoms with van der Waals surface area (Å²) in [7, 11) is 0. The number of hydrogen-bond acceptors (Lipinski definition) is 7. The van der Waals surface area contributed by atoms with Crippen molar-refractivity contribution in [3.8, 4) is 0 Å². The molecule has 4 rings (SSSR count). The average Bonchev–Trinajstić information content (AvgIpc) is 3.01. The molecule has 2 saturated carbocycles. The molecule has 0 amide bonds. The van der Waals surface area contributed by atoms with Gasteiger partial charge < -0.3 is 18.9 Å². The molecule has 0 aromatic heterocycles. The van der Waals surface area contributed by atoms with E-state index in [1.807, 2.05) is 6.92 Å². The van der Waals surface area contributed by atoms with Gasteiger partial charge in [0.1, 0.15) is 17.5 Å². The maximum atomic E-state index is 12.2. The van der Waals surface area contributed by atoms with Crippen molar-refractivity contribution in [2.24, 2.45) is 22.7 Å². The highest BCUT2D eigenvalue weighted by Gasteiger charge is 2.66. The van der Waals surface area contributed by atoms with Crippen molar-refractivity contribution in [2.75, 3.05) is 0 Å². The van der Waals surface area contributed by atoms with Crippen molar-refractivity contribution < 1.29 is 33.3 Å². The third-order valence-electron chi connectivity index (χ3n) is 9.44. The lowest BCUT2D eigenvalue weighted by molar-refractivity contribution is -0.301. The fourth-order valence-electron chi connectivity index (χ4n) is 8.37. The highest BCUT2D eigenvalue weighted by Crippen LogP contribution is 2.66. The second kappa shape index (κ2) is 9.00. The fourth-order valence-corrected chi connectivity index (χ4v) is 8.37. The Morgan fingerprint density at radius 3 is 2.36 bits per heavy atom. The summed E-state index contributed by atoms with van der Waals surface area (Å²) in [5.41, 5.74) is -0.733. The van der Waals surface area contributed by atoms with Crippen molar-refractivity contribution in [3.63, 3.8) is 0 Å². The summed E-state index contributed by atoms with van der Waals surface area (Å²) in [6.45, 7) is 15.7. The highest BCUT2D eigenvalue weighted by molar-refractivity contribution is 5.88. The number of hydrogen-bond donors (Lipinski definition) is 0. The van der Waals surface area contributed by atoms with Crippen molar-refractivity contribution in [2.45, 2.75) is 117 Å². The number of ether oxygens (including phenoxy) is 4. The van der Waals surface area contributed by atoms with E-state index in [4.69, 9.17) is 18.9 Å². The third-order valence-corrected chi connectivity index (χ3v) is 9.44. The van der Waals surface area contributed by atoms with Crippen LogP contribution in [0.2, 0.25) is 0 Å². The molecule has 2 aliphatic heterocycles. The van der Waals surface area contributed by atoms with Gasteiger partial charge in [-0.15, -0.1) is 0 Å². The summed E-state index contributed by atoms with van der Waals surface area (Å²) in [5, 5.41) is 0. The van der Waals surface area contributed by atoms with Crippen LogP contribution < -0.4 is 0 Å². The summed E-state index contributed by atoms with van der Waals surface area (Å²) in [5.74, 6) is -0.223. The molecule has 200 valence electrons. The minimum atomic E-state index is -0.840. The van der Waals surface area contributed by atoms with Crippen LogP contribution in [0.4, 0.5) is 0 Å². The zero-order valence-corrected chi connectivity index (χ0v) is 23.1. The predicted molar refractivity (Wildman–Crippen MR) is 134 cm³/mol. The van der Waals surface area contributed by atoms with Crippen LogP contribution in [-0.4, -0.2) is 41.3 Å². The summed E-state index contributed by atoms with van der Waals surface area (Å²) in [4.78, 5) is 36.1. The van der Waals surface area contributed by atoms with E-state index in [0.29, 0.717) is 24.2 Å². The van der Waals surface area contributed by atoms with Gasteiger partial charge in [0.2, 0.25) is 0 Å². The molecule has 36 heavy (non-hydrogen) atoms. The van der Waals surface area contributed by atoms with Crippen molar-refractivity contribution >= 4 is 17.9 Å². The van der Waals surface area contributed by atoms with Gasteiger partial charge in [0.25, 0.3) is 0 Å². The van der Waals surface area contributed by atoms with Crippen LogP contribution in [0, 0.1) is 22.7 Å². The highest BCUT2D eigenvalue weighted by atomic mass is 16.6. The molecule has 0 spiro atoms. The van der Waals surface area contributed by atoms with E-state index >= 15 is 0 Å². The predicted octanol–water partition coefficient (Wildman–Crippen LogP) is 5.42. The third kappa shape index (κ3) is 4.64. The molecule has 7 atom stereocenters. The normalized spacial score (nSPS) is 41.4. The monoisotopic (exact) mass is 502 g/mol. The van der Waals surface area contributed by atoms with Gasteiger partial charge >= 0.3 is 17.9 Å². The van der Waals surface area contributed by atoms with E-state index in [2.05, 4.69) is 27.7 Å². The summed E-state index contributed by atoms with van der Waals surface area (Å²) in [6.07, 6.45) is 7.62. The molecule has 2 heterocycles. The van der Waals surface area contributed by atoms with Crippen LogP contribution in [0.3, 0.4) is 0 Å². The van der Waals surface area contributed by atoms with Crippen LogP contribution >= 0.6 is 0 Å². The molecule has 0 aromatic rings. The van der Waals surface area contributed by atoms with E-state index in [-0.39, 0.29) is 34.7 Å². The van der Waals surface area contributed by atoms with Crippen LogP contribution in [0.25, 0.3) is 0 Å². The molecule has 7 nitrogen and oxygen atoms in total. The Hall–Kier alpha value is -2.15. The number of cyclic esters (lactones) is 1. The molecular formula is C29H42O7. The number of carbonyl (C=O) groups excluding carboxylic acids is 3. The Labute approximate surface area is 214 Å². The number of esters is 3. The SMILES string of the molecule is CC(=O)O[C@H]1C[C@@]2(C)O[C@](C)([C@H](C=C3OC(=O)C=C3C)OC(C)=O)CC[C@@H]2[C@@]2(C)CCCC(C)(C)[C@H]12. The van der Waals surface area contributed by atoms with Gasteiger partial charge in [-0.25, -0.2) is 4.79 Å². The van der Waals surface area contributed by atoms with E-state index in [1.54, 1.807) is 13.0 Å². The van der Waals surface area contributed by atoms with Gasteiger partial charge in [-0.05, 0) is 68.8 Å². The van der Waals surface area contributed by atoms with Crippen LogP contribution in [0.15, 0.2) is 23.5 Å². The first-order valence-corrected chi connectivity index (χ1v) is 13.3. The van der Waals surface area contributed by atoms with E-state index < -0.39 is 29.2 Å². The lowest BCUT2D eigenvalue weighted by atomic mass is 9.43. The molecular weight excluding hydrogens is 460 g/mol. The maximum absolute atomic E-state index is 12.2. The largest absolute Gasteiger partial charge is 0.462 e. The van der Waals surface area contributed by atoms with Crippen LogP contribution in [-0.2, 0) is 33.3 Å². The van der Waals surface area contributed by atoms with Gasteiger partial charge in [-0.2, -0.15) is 0 Å². The zero-order valence-electron chi connectivity index (χ0n) is 23.1. The minimum Gasteiger partial charge on any atom is -0.462 e. The number of rotatable bonds is 4. The lowest BCUT2D eigenvalue weighted by Gasteiger charge is -2.67. The zero-order chi connectivity index (χ0) is 26.7. The lowest BCUT2D eigenvalue weighted by Crippen LogP contribution is -2.68. The Kier molecular flexibility index (Phi) is 6.72. The van der Waals surface area contributed by atoms with E-state index in [0.717, 1.165) is 25.7 Å². The van der Waals surface area contributed by atoms with E-state index in [1.165, 1.54) is 19.9 Å². The van der Waals surface area contributed by atoms with E-state index in [9.17, 15) is 14.4 Å². The van der Waals surface area contributed by atoms with Gasteiger partial charge in [0, 0.05) is 38.3 Å². The standard InChI is InChI=1S/C29H42O7/c1-17-14-24(32)35-20(17)15-23(34-19(3)31)28(7)13-10-22-27(6)12-9-11-26(4,5)25(27)21(33-18(2)30)16-29(22,8)36-28/h14-15,21-23,25H,9-13,16H2,1-8H3/t21-,22+,23-,25-,27+,28-,29+/m0/s1. The Morgan fingerprint density at radius 2 is 1.78 bits per heavy atom. The molecule has 0 unspecified atom stereocenters. The van der Waals surface area contributed by atoms with Crippen molar-refractivity contribution in [1.82, 2.24) is 0 Å². The first kappa shape index (κ1) is 26.9. The van der Waals surface area contributed by atoms with Crippen molar-refractivity contribution in [3.05, 3.63) is 23.5 Å². The number of allylic oxidation sites excluding steroid dienone is 1. The Bertz CT molecular complexity index is 1010. The second-order valence-corrected chi connectivity index (χ2v) is 12.8. The first-order chi connectivity index (χ1) is 16.6. The summed E-state index contributed by atoms with van der Waals surface area (Å²) < 4.78 is 24.2. The smallest absolute Gasteiger partial charge is 0.336 e. The minimum absolute atomic E-state index is 0.0497. The summed E-state index contributed by atoms with van der Waals surface area (Å²) >= 11 is 0. The Morgan fingerprint density at radius 1 is 1.08 bits per heavy atom. The van der Waals surface area contributed by atoms with Gasteiger partial charge in [-0.1, -0.05) is 27.2 Å². The maximum Gasteiger partial charge on any atom is 0.336 e. The molecule has 3 fully saturated rings. The topological polar surface area (TPSA) is 88.1 Å². The van der Waals surface area contributed by atoms with Gasteiger partial charge in [-0.3, -0.25) is 9.59 Å². The molecule has 0 radical (unpaired) electrons. The summed E-state index contributed by atoms with van der Waals surface area (Å²) in [6, 6.07) is 0. The molecule has 1 saturated heterocycles. The number of fused-ring (bicyclic) bond motifs is 3. The van der Waals surface area contributed by atoms with Crippen LogP contribution in [0.5, 0.6) is 0 Å². The Balaban J connectivity index is 1.71. The second-order valence-electron chi connectivity index (χ2n) is 12.8. The quantitative estimate of drug-likeness (QED) is 0.375. The number of carbonyl (C=O) groups is 3. The fraction of sp³-hybridized carbons (Fsp3) is 0.759. The van der Waals surface area contributed by atoms with Gasteiger partial charge in [0.15, 0.2) is 6.10 Å².